The van der Waals surface area contributed by atoms with E-state index in [2.05, 4.69) is 30.2 Å². The van der Waals surface area contributed by atoms with Crippen LogP contribution in [0, 0.1) is 13.8 Å². The number of ether oxygens (including phenoxy) is 2. The van der Waals surface area contributed by atoms with Crippen LogP contribution in [-0.4, -0.2) is 21.0 Å². The fourth-order valence-corrected chi connectivity index (χ4v) is 3.62. The Morgan fingerprint density at radius 3 is 2.50 bits per heavy atom. The van der Waals surface area contributed by atoms with E-state index in [-0.39, 0.29) is 6.73 Å². The Bertz CT molecular complexity index is 1440. The largest absolute Gasteiger partial charge is 0.470 e. The summed E-state index contributed by atoms with van der Waals surface area (Å²) < 4.78 is 13.4. The minimum Gasteiger partial charge on any atom is -0.470 e. The van der Waals surface area contributed by atoms with E-state index in [0.717, 1.165) is 27.4 Å². The fraction of sp³-hybridized carbons (Fsp3) is 0.115. The molecule has 6 heteroatoms. The summed E-state index contributed by atoms with van der Waals surface area (Å²) in [6.07, 6.45) is 0. The Hall–Kier alpha value is -4.19. The van der Waals surface area contributed by atoms with E-state index in [0.29, 0.717) is 17.1 Å². The number of hydrogen-bond acceptors (Lipinski definition) is 5. The molecule has 4 aromatic carbocycles. The van der Waals surface area contributed by atoms with Crippen molar-refractivity contribution in [3.05, 3.63) is 95.6 Å². The molecule has 0 fully saturated rings. The number of hydrogen-bond donors (Lipinski definition) is 0. The zero-order chi connectivity index (χ0) is 22.1. The van der Waals surface area contributed by atoms with Crippen molar-refractivity contribution in [3.8, 4) is 11.5 Å². The van der Waals surface area contributed by atoms with Crippen molar-refractivity contribution in [2.24, 2.45) is 0 Å². The van der Waals surface area contributed by atoms with Crippen molar-refractivity contribution in [1.29, 1.82) is 0 Å². The van der Waals surface area contributed by atoms with Gasteiger partial charge in [-0.15, -0.1) is 5.10 Å². The van der Waals surface area contributed by atoms with E-state index in [1.807, 2.05) is 54.6 Å². The maximum atomic E-state index is 12.8. The van der Waals surface area contributed by atoms with E-state index in [1.165, 1.54) is 5.56 Å². The zero-order valence-corrected chi connectivity index (χ0v) is 17.8. The summed E-state index contributed by atoms with van der Waals surface area (Å²) in [7, 11) is 0. The number of esters is 1. The molecule has 0 saturated carbocycles. The van der Waals surface area contributed by atoms with E-state index in [9.17, 15) is 4.79 Å². The van der Waals surface area contributed by atoms with Gasteiger partial charge < -0.3 is 9.47 Å². The van der Waals surface area contributed by atoms with Gasteiger partial charge in [0.25, 0.3) is 0 Å². The number of aromatic nitrogens is 3. The van der Waals surface area contributed by atoms with Gasteiger partial charge in [0.2, 0.25) is 0 Å². The molecule has 0 saturated heterocycles. The summed E-state index contributed by atoms with van der Waals surface area (Å²) in [5, 5.41) is 10.3. The van der Waals surface area contributed by atoms with Gasteiger partial charge in [-0.3, -0.25) is 0 Å². The molecular formula is C26H21N3O3. The highest BCUT2D eigenvalue weighted by atomic mass is 16.5. The molecule has 0 aliphatic rings. The predicted molar refractivity (Wildman–Crippen MR) is 123 cm³/mol. The highest BCUT2D eigenvalue weighted by molar-refractivity contribution is 5.99. The molecule has 0 spiro atoms. The average Bonchev–Trinajstić information content (AvgIpc) is 3.19. The zero-order valence-electron chi connectivity index (χ0n) is 17.8. The molecule has 32 heavy (non-hydrogen) atoms. The highest BCUT2D eigenvalue weighted by Gasteiger charge is 2.14. The van der Waals surface area contributed by atoms with Crippen molar-refractivity contribution in [1.82, 2.24) is 15.0 Å². The van der Waals surface area contributed by atoms with Crippen LogP contribution >= 0.6 is 0 Å². The Morgan fingerprint density at radius 1 is 0.906 bits per heavy atom. The first-order chi connectivity index (χ1) is 15.6. The lowest BCUT2D eigenvalue weighted by atomic mass is 10.1. The Kier molecular flexibility index (Phi) is 5.03. The molecule has 158 valence electrons. The monoisotopic (exact) mass is 423 g/mol. The number of nitrogens with zero attached hydrogens (tertiary/aromatic N) is 3. The molecule has 0 radical (unpaired) electrons. The lowest BCUT2D eigenvalue weighted by molar-refractivity contribution is 0.0734. The topological polar surface area (TPSA) is 66.2 Å². The number of para-hydroxylation sites is 1. The lowest BCUT2D eigenvalue weighted by Gasteiger charge is -2.12. The quantitative estimate of drug-likeness (QED) is 0.277. The molecule has 0 N–H and O–H groups in total. The number of carbonyl (C=O) groups is 1. The summed E-state index contributed by atoms with van der Waals surface area (Å²) in [5.41, 5.74) is 4.47. The van der Waals surface area contributed by atoms with Crippen LogP contribution in [0.5, 0.6) is 11.5 Å². The van der Waals surface area contributed by atoms with Crippen molar-refractivity contribution >= 4 is 27.8 Å². The van der Waals surface area contributed by atoms with Crippen LogP contribution < -0.4 is 9.47 Å². The smallest absolute Gasteiger partial charge is 0.343 e. The molecule has 5 aromatic rings. The molecule has 5 rings (SSSR count). The van der Waals surface area contributed by atoms with E-state index < -0.39 is 5.97 Å². The van der Waals surface area contributed by atoms with Crippen LogP contribution in [-0.2, 0) is 6.73 Å². The number of benzene rings is 4. The molecule has 0 amide bonds. The van der Waals surface area contributed by atoms with Crippen molar-refractivity contribution in [2.75, 3.05) is 0 Å². The minimum atomic E-state index is -0.441. The summed E-state index contributed by atoms with van der Waals surface area (Å²) in [4.78, 5) is 12.8. The van der Waals surface area contributed by atoms with Gasteiger partial charge in [-0.2, -0.15) is 0 Å². The molecule has 1 aromatic heterocycles. The van der Waals surface area contributed by atoms with E-state index in [1.54, 1.807) is 22.9 Å². The predicted octanol–water partition coefficient (Wildman–Crippen LogP) is 5.46. The van der Waals surface area contributed by atoms with Gasteiger partial charge in [-0.05, 0) is 66.8 Å². The second-order valence-electron chi connectivity index (χ2n) is 7.69. The number of aryl methyl sites for hydroxylation is 2. The first-order valence-corrected chi connectivity index (χ1v) is 10.3. The van der Waals surface area contributed by atoms with E-state index in [4.69, 9.17) is 9.47 Å². The first kappa shape index (κ1) is 19.8. The highest BCUT2D eigenvalue weighted by Crippen LogP contribution is 2.29. The molecule has 1 heterocycles. The fourth-order valence-electron chi connectivity index (χ4n) is 3.62. The second kappa shape index (κ2) is 8.15. The van der Waals surface area contributed by atoms with Crippen LogP contribution in [0.3, 0.4) is 0 Å². The molecule has 0 atom stereocenters. The summed E-state index contributed by atoms with van der Waals surface area (Å²) in [5.74, 6) is 0.632. The summed E-state index contributed by atoms with van der Waals surface area (Å²) >= 11 is 0. The number of carbonyl (C=O) groups excluding carboxylic acids is 1. The standard InChI is InChI=1S/C26H21N3O3/c1-17-12-23-24(13-18(17)2)29(28-27-23)16-31-25-15-20(14-19-8-6-7-11-22(19)25)26(30)32-21-9-4-3-5-10-21/h3-15H,16H2,1-2H3. The van der Waals surface area contributed by atoms with Crippen molar-refractivity contribution in [3.63, 3.8) is 0 Å². The molecule has 0 aliphatic heterocycles. The number of fused-ring (bicyclic) bond motifs is 2. The molecule has 0 bridgehead atoms. The molecule has 0 unspecified atom stereocenters. The average molecular weight is 423 g/mol. The molecular weight excluding hydrogens is 402 g/mol. The van der Waals surface area contributed by atoms with Gasteiger partial charge in [0.05, 0.1) is 11.1 Å². The van der Waals surface area contributed by atoms with Gasteiger partial charge in [-0.25, -0.2) is 9.48 Å². The Balaban J connectivity index is 1.47. The maximum absolute atomic E-state index is 12.8. The van der Waals surface area contributed by atoms with Crippen LogP contribution in [0.1, 0.15) is 21.5 Å². The lowest BCUT2D eigenvalue weighted by Crippen LogP contribution is -2.10. The van der Waals surface area contributed by atoms with Crippen molar-refractivity contribution in [2.45, 2.75) is 20.6 Å². The van der Waals surface area contributed by atoms with Crippen LogP contribution in [0.4, 0.5) is 0 Å². The van der Waals surface area contributed by atoms with Crippen LogP contribution in [0.2, 0.25) is 0 Å². The first-order valence-electron chi connectivity index (χ1n) is 10.3. The Labute approximate surface area is 185 Å². The van der Waals surface area contributed by atoms with E-state index >= 15 is 0 Å². The van der Waals surface area contributed by atoms with Crippen molar-refractivity contribution < 1.29 is 14.3 Å². The minimum absolute atomic E-state index is 0.167. The van der Waals surface area contributed by atoms with Gasteiger partial charge in [0.1, 0.15) is 17.0 Å². The Morgan fingerprint density at radius 2 is 1.66 bits per heavy atom. The van der Waals surface area contributed by atoms with Crippen LogP contribution in [0.25, 0.3) is 21.8 Å². The summed E-state index contributed by atoms with van der Waals surface area (Å²) in [6, 6.07) is 24.4. The van der Waals surface area contributed by atoms with Gasteiger partial charge >= 0.3 is 5.97 Å². The third-order valence-corrected chi connectivity index (χ3v) is 5.49. The maximum Gasteiger partial charge on any atom is 0.343 e. The SMILES string of the molecule is Cc1cc2nnn(COc3cc(C(=O)Oc4ccccc4)cc4ccccc34)c2cc1C. The van der Waals surface area contributed by atoms with Gasteiger partial charge in [0, 0.05) is 5.39 Å². The molecule has 6 nitrogen and oxygen atoms in total. The van der Waals surface area contributed by atoms with Crippen LogP contribution in [0.15, 0.2) is 78.9 Å². The number of rotatable bonds is 5. The van der Waals surface area contributed by atoms with Gasteiger partial charge in [0.15, 0.2) is 6.73 Å². The summed E-state index contributed by atoms with van der Waals surface area (Å²) in [6.45, 7) is 4.28. The third kappa shape index (κ3) is 3.78. The normalized spacial score (nSPS) is 11.1. The molecule has 0 aliphatic carbocycles. The van der Waals surface area contributed by atoms with Gasteiger partial charge in [-0.1, -0.05) is 47.7 Å². The second-order valence-corrected chi connectivity index (χ2v) is 7.69. The third-order valence-electron chi connectivity index (χ3n) is 5.49.